The van der Waals surface area contributed by atoms with Crippen molar-refractivity contribution < 1.29 is 22.8 Å². The lowest BCUT2D eigenvalue weighted by molar-refractivity contribution is -0.168. The van der Waals surface area contributed by atoms with Gasteiger partial charge in [-0.05, 0) is 0 Å². The number of amides is 2. The van der Waals surface area contributed by atoms with Crippen LogP contribution in [-0.4, -0.2) is 42.5 Å². The highest BCUT2D eigenvalue weighted by atomic mass is 19.4. The fraction of sp³-hybridized carbons (Fsp3) is 0.667. The van der Waals surface area contributed by atoms with E-state index in [0.717, 1.165) is 0 Å². The molecule has 0 aliphatic heterocycles. The molecule has 8 heteroatoms. The third kappa shape index (κ3) is 4.19. The van der Waals surface area contributed by atoms with Crippen molar-refractivity contribution in [2.45, 2.75) is 6.18 Å². The van der Waals surface area contributed by atoms with Gasteiger partial charge in [0.15, 0.2) is 0 Å². The standard InChI is InChI=1S/C6H10F3N3O2/c7-6(8,9)3-12(4(13)1-10)5(14)2-11/h1-3,10-11H2. The number of alkyl halides is 3. The SMILES string of the molecule is NCC(=O)N(CC(F)(F)F)C(=O)CN. The van der Waals surface area contributed by atoms with Crippen LogP contribution >= 0.6 is 0 Å². The minimum absolute atomic E-state index is 0. The molecule has 0 fully saturated rings. The van der Waals surface area contributed by atoms with Crippen molar-refractivity contribution in [3.63, 3.8) is 0 Å². The summed E-state index contributed by atoms with van der Waals surface area (Å²) >= 11 is 0. The quantitative estimate of drug-likeness (QED) is 0.617. The van der Waals surface area contributed by atoms with Crippen LogP contribution < -0.4 is 11.5 Å². The Labute approximate surface area is 77.8 Å². The van der Waals surface area contributed by atoms with Crippen LogP contribution in [-0.2, 0) is 9.59 Å². The van der Waals surface area contributed by atoms with Crippen LogP contribution in [0, 0.1) is 0 Å². The van der Waals surface area contributed by atoms with Crippen LogP contribution in [0.3, 0.4) is 0 Å². The predicted octanol–water partition coefficient (Wildman–Crippen LogP) is -1.18. The Balaban J connectivity index is 4.57. The fourth-order valence-corrected chi connectivity index (χ4v) is 0.715. The van der Waals surface area contributed by atoms with Crippen LogP contribution in [0.5, 0.6) is 0 Å². The molecule has 0 aromatic heterocycles. The summed E-state index contributed by atoms with van der Waals surface area (Å²) in [7, 11) is 0. The van der Waals surface area contributed by atoms with Gasteiger partial charge < -0.3 is 11.5 Å². The number of hydrogen-bond donors (Lipinski definition) is 2. The molecular weight excluding hydrogens is 203 g/mol. The van der Waals surface area contributed by atoms with Crippen molar-refractivity contribution in [1.29, 1.82) is 0 Å². The second kappa shape index (κ2) is 4.91. The van der Waals surface area contributed by atoms with Gasteiger partial charge in [-0.25, -0.2) is 0 Å². The van der Waals surface area contributed by atoms with Gasteiger partial charge in [-0.15, -0.1) is 0 Å². The van der Waals surface area contributed by atoms with Crippen LogP contribution in [0.4, 0.5) is 13.2 Å². The lowest BCUT2D eigenvalue weighted by Gasteiger charge is -2.20. The van der Waals surface area contributed by atoms with Gasteiger partial charge in [-0.3, -0.25) is 14.5 Å². The summed E-state index contributed by atoms with van der Waals surface area (Å²) in [4.78, 5) is 21.6. The van der Waals surface area contributed by atoms with Gasteiger partial charge in [-0.2, -0.15) is 13.2 Å². The predicted molar refractivity (Wildman–Crippen MR) is 40.9 cm³/mol. The number of rotatable bonds is 3. The summed E-state index contributed by atoms with van der Waals surface area (Å²) in [5, 5.41) is 0. The number of halogens is 3. The number of hydrogen-bond acceptors (Lipinski definition) is 4. The van der Waals surface area contributed by atoms with E-state index in [9.17, 15) is 22.8 Å². The summed E-state index contributed by atoms with van der Waals surface area (Å²) in [6.07, 6.45) is -4.64. The first kappa shape index (κ1) is 12.8. The fourth-order valence-electron chi connectivity index (χ4n) is 0.715. The van der Waals surface area contributed by atoms with Crippen molar-refractivity contribution in [3.8, 4) is 0 Å². The van der Waals surface area contributed by atoms with E-state index in [1.807, 2.05) is 0 Å². The first-order chi connectivity index (χ1) is 6.31. The molecule has 0 unspecified atom stereocenters. The number of carbonyl (C=O) groups is 2. The lowest BCUT2D eigenvalue weighted by Crippen LogP contribution is -2.48. The molecule has 0 aliphatic rings. The third-order valence-electron chi connectivity index (χ3n) is 1.29. The average Bonchev–Trinajstić information content (AvgIpc) is 2.10. The third-order valence-corrected chi connectivity index (χ3v) is 1.29. The van der Waals surface area contributed by atoms with Gasteiger partial charge in [0, 0.05) is 0 Å². The van der Waals surface area contributed by atoms with Crippen LogP contribution in [0.25, 0.3) is 0 Å². The van der Waals surface area contributed by atoms with E-state index in [0.29, 0.717) is 0 Å². The number of imide groups is 1. The first-order valence-corrected chi connectivity index (χ1v) is 3.62. The van der Waals surface area contributed by atoms with Crippen molar-refractivity contribution in [2.75, 3.05) is 19.6 Å². The molecule has 2 amide bonds. The number of nitrogens with two attached hydrogens (primary N) is 2. The molecule has 0 aromatic carbocycles. The monoisotopic (exact) mass is 213 g/mol. The Bertz CT molecular complexity index is 213. The van der Waals surface area contributed by atoms with Crippen LogP contribution in [0.15, 0.2) is 0 Å². The molecule has 0 radical (unpaired) electrons. The van der Waals surface area contributed by atoms with E-state index in [-0.39, 0.29) is 4.90 Å². The summed E-state index contributed by atoms with van der Waals surface area (Å²) in [5.41, 5.74) is 9.67. The van der Waals surface area contributed by atoms with Gasteiger partial charge in [0.1, 0.15) is 6.54 Å². The molecule has 4 N–H and O–H groups in total. The van der Waals surface area contributed by atoms with E-state index >= 15 is 0 Å². The molecule has 5 nitrogen and oxygen atoms in total. The maximum absolute atomic E-state index is 11.9. The molecule has 0 bridgehead atoms. The van der Waals surface area contributed by atoms with Crippen LogP contribution in [0.1, 0.15) is 0 Å². The van der Waals surface area contributed by atoms with Gasteiger partial charge in [-0.1, -0.05) is 0 Å². The maximum atomic E-state index is 11.9. The normalized spacial score (nSPS) is 11.2. The molecule has 0 saturated heterocycles. The first-order valence-electron chi connectivity index (χ1n) is 3.62. The lowest BCUT2D eigenvalue weighted by atomic mass is 10.4. The van der Waals surface area contributed by atoms with E-state index in [1.54, 1.807) is 0 Å². The molecule has 0 heterocycles. The van der Waals surface area contributed by atoms with Gasteiger partial charge in [0.25, 0.3) is 0 Å². The number of carbonyl (C=O) groups excluding carboxylic acids is 2. The molecule has 0 rings (SSSR count). The molecule has 82 valence electrons. The number of nitrogens with zero attached hydrogens (tertiary/aromatic N) is 1. The second-order valence-corrected chi connectivity index (χ2v) is 2.40. The molecule has 0 saturated carbocycles. The molecule has 14 heavy (non-hydrogen) atoms. The molecule has 0 atom stereocenters. The summed E-state index contributed by atoms with van der Waals surface area (Å²) in [6, 6.07) is 0. The smallest absolute Gasteiger partial charge is 0.322 e. The van der Waals surface area contributed by atoms with Crippen molar-refractivity contribution in [3.05, 3.63) is 0 Å². The van der Waals surface area contributed by atoms with Gasteiger partial charge in [0.05, 0.1) is 13.1 Å². The Hall–Kier alpha value is -1.15. The minimum Gasteiger partial charge on any atom is -0.322 e. The van der Waals surface area contributed by atoms with Gasteiger partial charge in [0.2, 0.25) is 11.8 Å². The van der Waals surface area contributed by atoms with Crippen molar-refractivity contribution in [2.24, 2.45) is 11.5 Å². The zero-order valence-corrected chi connectivity index (χ0v) is 7.17. The van der Waals surface area contributed by atoms with E-state index in [4.69, 9.17) is 11.5 Å². The van der Waals surface area contributed by atoms with Crippen molar-refractivity contribution >= 4 is 11.8 Å². The topological polar surface area (TPSA) is 89.4 Å². The minimum atomic E-state index is -4.64. The summed E-state index contributed by atoms with van der Waals surface area (Å²) in [6.45, 7) is -2.98. The highest BCUT2D eigenvalue weighted by Crippen LogP contribution is 2.16. The Morgan fingerprint density at radius 1 is 1.07 bits per heavy atom. The zero-order chi connectivity index (χ0) is 11.4. The summed E-state index contributed by atoms with van der Waals surface area (Å²) in [5.74, 6) is -2.20. The average molecular weight is 213 g/mol. The van der Waals surface area contributed by atoms with Crippen LogP contribution in [0.2, 0.25) is 0 Å². The molecule has 0 aromatic rings. The van der Waals surface area contributed by atoms with E-state index in [1.165, 1.54) is 0 Å². The highest BCUT2D eigenvalue weighted by molar-refractivity contribution is 5.97. The molecule has 0 aliphatic carbocycles. The molecule has 0 spiro atoms. The van der Waals surface area contributed by atoms with Gasteiger partial charge >= 0.3 is 6.18 Å². The van der Waals surface area contributed by atoms with Crippen molar-refractivity contribution in [1.82, 2.24) is 4.90 Å². The summed E-state index contributed by atoms with van der Waals surface area (Å²) < 4.78 is 35.6. The Morgan fingerprint density at radius 2 is 1.43 bits per heavy atom. The molecular formula is C6H10F3N3O2. The largest absolute Gasteiger partial charge is 0.406 e. The maximum Gasteiger partial charge on any atom is 0.406 e. The zero-order valence-electron chi connectivity index (χ0n) is 7.17. The Morgan fingerprint density at radius 3 is 1.64 bits per heavy atom. The Kier molecular flexibility index (Phi) is 4.51. The van der Waals surface area contributed by atoms with E-state index < -0.39 is 37.6 Å². The second-order valence-electron chi connectivity index (χ2n) is 2.40. The highest BCUT2D eigenvalue weighted by Gasteiger charge is 2.35. The van der Waals surface area contributed by atoms with E-state index in [2.05, 4.69) is 0 Å².